The zero-order chi connectivity index (χ0) is 12.3. The molecule has 4 nitrogen and oxygen atoms in total. The Morgan fingerprint density at radius 3 is 2.33 bits per heavy atom. The molecule has 0 spiro atoms. The minimum atomic E-state index is -3.77. The van der Waals surface area contributed by atoms with Gasteiger partial charge in [0.25, 0.3) is 0 Å². The van der Waals surface area contributed by atoms with E-state index in [0.29, 0.717) is 6.42 Å². The smallest absolute Gasteiger partial charge is 0.328 e. The van der Waals surface area contributed by atoms with Crippen LogP contribution in [0.3, 0.4) is 0 Å². The molecule has 7 heteroatoms. The Labute approximate surface area is 111 Å². The van der Waals surface area contributed by atoms with Crippen LogP contribution in [0.5, 0.6) is 0 Å². The van der Waals surface area contributed by atoms with Crippen molar-refractivity contribution in [2.75, 3.05) is 6.61 Å². The van der Waals surface area contributed by atoms with E-state index in [9.17, 15) is 17.6 Å². The molecular formula is C11H11FO4S2. The van der Waals surface area contributed by atoms with E-state index in [0.717, 1.165) is 12.1 Å². The highest BCUT2D eigenvalue weighted by Crippen LogP contribution is 2.57. The number of ether oxygens (including phenoxy) is 1. The number of hydrogen-bond donors (Lipinski definition) is 0. The molecule has 0 bridgehead atoms. The second-order valence-electron chi connectivity index (χ2n) is 4.35. The summed E-state index contributed by atoms with van der Waals surface area (Å²) in [5.41, 5.74) is 0. The number of fused-ring (bicyclic) bond motifs is 1. The molecule has 18 heavy (non-hydrogen) atoms. The number of rotatable bonds is 2. The SMILES string of the molecule is O=C1OC[C@@H]2C[C@]12S(=O)(=O)c1ccc(F)cc1.S. The van der Waals surface area contributed by atoms with Crippen molar-refractivity contribution in [1.29, 1.82) is 0 Å². The molecular weight excluding hydrogens is 279 g/mol. The monoisotopic (exact) mass is 290 g/mol. The van der Waals surface area contributed by atoms with E-state index in [1.807, 2.05) is 0 Å². The largest absolute Gasteiger partial charge is 0.464 e. The van der Waals surface area contributed by atoms with Gasteiger partial charge in [-0.1, -0.05) is 0 Å². The van der Waals surface area contributed by atoms with Crippen LogP contribution in [0.4, 0.5) is 4.39 Å². The Balaban J connectivity index is 0.00000120. The topological polar surface area (TPSA) is 60.4 Å². The van der Waals surface area contributed by atoms with E-state index in [2.05, 4.69) is 0 Å². The van der Waals surface area contributed by atoms with Gasteiger partial charge in [0, 0.05) is 5.92 Å². The minimum absolute atomic E-state index is 0. The van der Waals surface area contributed by atoms with Crippen LogP contribution in [0, 0.1) is 11.7 Å². The third kappa shape index (κ3) is 1.50. The summed E-state index contributed by atoms with van der Waals surface area (Å²) in [6.45, 7) is 0.166. The lowest BCUT2D eigenvalue weighted by Crippen LogP contribution is -2.31. The van der Waals surface area contributed by atoms with E-state index in [-0.39, 0.29) is 30.9 Å². The highest BCUT2D eigenvalue weighted by molar-refractivity contribution is 7.94. The van der Waals surface area contributed by atoms with Crippen LogP contribution in [0.2, 0.25) is 0 Å². The first kappa shape index (κ1) is 13.4. The molecule has 2 atom stereocenters. The summed E-state index contributed by atoms with van der Waals surface area (Å²) in [5.74, 6) is -1.43. The number of esters is 1. The minimum Gasteiger partial charge on any atom is -0.464 e. The quantitative estimate of drug-likeness (QED) is 0.603. The van der Waals surface area contributed by atoms with Crippen molar-refractivity contribution in [3.05, 3.63) is 30.1 Å². The molecule has 3 rings (SSSR count). The van der Waals surface area contributed by atoms with Gasteiger partial charge in [-0.2, -0.15) is 13.5 Å². The average Bonchev–Trinajstić information content (AvgIpc) is 2.95. The van der Waals surface area contributed by atoms with Crippen molar-refractivity contribution in [2.24, 2.45) is 5.92 Å². The van der Waals surface area contributed by atoms with Crippen molar-refractivity contribution >= 4 is 29.3 Å². The highest BCUT2D eigenvalue weighted by Gasteiger charge is 2.74. The predicted molar refractivity (Wildman–Crippen MR) is 65.8 cm³/mol. The van der Waals surface area contributed by atoms with Gasteiger partial charge in [-0.3, -0.25) is 4.79 Å². The van der Waals surface area contributed by atoms with Crippen LogP contribution in [0.1, 0.15) is 6.42 Å². The van der Waals surface area contributed by atoms with E-state index in [1.165, 1.54) is 12.1 Å². The summed E-state index contributed by atoms with van der Waals surface area (Å²) in [6.07, 6.45) is 0.311. The predicted octanol–water partition coefficient (Wildman–Crippen LogP) is 1.03. The Bertz CT molecular complexity index is 596. The van der Waals surface area contributed by atoms with Crippen LogP contribution >= 0.6 is 13.5 Å². The lowest BCUT2D eigenvalue weighted by atomic mass is 10.3. The summed E-state index contributed by atoms with van der Waals surface area (Å²) < 4.78 is 40.7. The van der Waals surface area contributed by atoms with E-state index in [4.69, 9.17) is 4.74 Å². The molecule has 1 aliphatic carbocycles. The Hall–Kier alpha value is -1.08. The number of hydrogen-bond acceptors (Lipinski definition) is 4. The summed E-state index contributed by atoms with van der Waals surface area (Å²) in [6, 6.07) is 4.50. The maximum atomic E-state index is 12.7. The van der Waals surface area contributed by atoms with Crippen LogP contribution in [0.15, 0.2) is 29.2 Å². The Morgan fingerprint density at radius 1 is 1.28 bits per heavy atom. The van der Waals surface area contributed by atoms with E-state index >= 15 is 0 Å². The van der Waals surface area contributed by atoms with Gasteiger partial charge in [-0.15, -0.1) is 0 Å². The second-order valence-corrected chi connectivity index (χ2v) is 6.55. The molecule has 1 aliphatic heterocycles. The summed E-state index contributed by atoms with van der Waals surface area (Å²) in [7, 11) is -3.77. The fourth-order valence-corrected chi connectivity index (χ4v) is 4.43. The number of halogens is 1. The summed E-state index contributed by atoms with van der Waals surface area (Å²) >= 11 is 0. The number of benzene rings is 1. The highest BCUT2D eigenvalue weighted by atomic mass is 32.2. The third-order valence-electron chi connectivity index (χ3n) is 3.41. The van der Waals surface area contributed by atoms with Crippen LogP contribution < -0.4 is 0 Å². The zero-order valence-electron chi connectivity index (χ0n) is 9.22. The molecule has 1 aromatic rings. The fraction of sp³-hybridized carbons (Fsp3) is 0.364. The standard InChI is InChI=1S/C11H9FO4S.H2S/c12-8-1-3-9(4-2-8)17(14,15)11-5-7(11)6-16-10(11)13;/h1-4,7H,5-6H2;1H2/t7-,11+;/m0./s1. The molecule has 1 heterocycles. The van der Waals surface area contributed by atoms with Gasteiger partial charge in [0.05, 0.1) is 11.5 Å². The molecule has 2 aliphatic rings. The maximum absolute atomic E-state index is 12.7. The molecule has 0 aromatic heterocycles. The fourth-order valence-electron chi connectivity index (χ4n) is 2.31. The van der Waals surface area contributed by atoms with Gasteiger partial charge < -0.3 is 4.74 Å². The third-order valence-corrected chi connectivity index (χ3v) is 5.93. The number of carbonyl (C=O) groups excluding carboxylic acids is 1. The van der Waals surface area contributed by atoms with Crippen molar-refractivity contribution < 1.29 is 22.3 Å². The molecule has 0 unspecified atom stereocenters. The van der Waals surface area contributed by atoms with E-state index < -0.39 is 26.4 Å². The van der Waals surface area contributed by atoms with Crippen molar-refractivity contribution in [3.8, 4) is 0 Å². The van der Waals surface area contributed by atoms with Gasteiger partial charge >= 0.3 is 5.97 Å². The zero-order valence-corrected chi connectivity index (χ0v) is 11.0. The summed E-state index contributed by atoms with van der Waals surface area (Å²) in [5, 5.41) is 0. The molecule has 0 radical (unpaired) electrons. The van der Waals surface area contributed by atoms with Crippen molar-refractivity contribution in [3.63, 3.8) is 0 Å². The number of carbonyl (C=O) groups is 1. The Kier molecular flexibility index (Phi) is 2.94. The second kappa shape index (κ2) is 3.96. The normalized spacial score (nSPS) is 29.2. The first-order chi connectivity index (χ1) is 7.98. The molecule has 0 amide bonds. The number of sulfone groups is 1. The molecule has 1 saturated heterocycles. The molecule has 2 fully saturated rings. The lowest BCUT2D eigenvalue weighted by molar-refractivity contribution is -0.140. The van der Waals surface area contributed by atoms with Crippen molar-refractivity contribution in [1.82, 2.24) is 0 Å². The van der Waals surface area contributed by atoms with Crippen LogP contribution in [0.25, 0.3) is 0 Å². The van der Waals surface area contributed by atoms with Gasteiger partial charge in [-0.05, 0) is 30.7 Å². The van der Waals surface area contributed by atoms with Gasteiger partial charge in [0.1, 0.15) is 5.82 Å². The molecule has 1 saturated carbocycles. The first-order valence-electron chi connectivity index (χ1n) is 5.16. The number of cyclic esters (lactones) is 1. The first-order valence-corrected chi connectivity index (χ1v) is 6.64. The van der Waals surface area contributed by atoms with Gasteiger partial charge in [0.2, 0.25) is 0 Å². The molecule has 1 aromatic carbocycles. The van der Waals surface area contributed by atoms with Gasteiger partial charge in [0.15, 0.2) is 14.6 Å². The van der Waals surface area contributed by atoms with Crippen LogP contribution in [-0.4, -0.2) is 25.7 Å². The molecule has 98 valence electrons. The van der Waals surface area contributed by atoms with Crippen molar-refractivity contribution in [2.45, 2.75) is 16.1 Å². The van der Waals surface area contributed by atoms with Gasteiger partial charge in [-0.25, -0.2) is 12.8 Å². The average molecular weight is 290 g/mol. The maximum Gasteiger partial charge on any atom is 0.328 e. The molecule has 0 N–H and O–H groups in total. The van der Waals surface area contributed by atoms with E-state index in [1.54, 1.807) is 0 Å². The summed E-state index contributed by atoms with van der Waals surface area (Å²) in [4.78, 5) is 11.5. The van der Waals surface area contributed by atoms with Crippen LogP contribution in [-0.2, 0) is 19.4 Å². The Morgan fingerprint density at radius 2 is 1.89 bits per heavy atom. The lowest BCUT2D eigenvalue weighted by Gasteiger charge is -2.10.